The van der Waals surface area contributed by atoms with Gasteiger partial charge in [-0.3, -0.25) is 4.79 Å². The number of carbonyl (C=O) groups excluding carboxylic acids is 1. The summed E-state index contributed by atoms with van der Waals surface area (Å²) in [5, 5.41) is 2.88. The fraction of sp³-hybridized carbons (Fsp3) is 0.200. The summed E-state index contributed by atoms with van der Waals surface area (Å²) in [4.78, 5) is 15.8. The van der Waals surface area contributed by atoms with Crippen LogP contribution in [0, 0.1) is 5.82 Å². The summed E-state index contributed by atoms with van der Waals surface area (Å²) in [6, 6.07) is 11.3. The second-order valence-electron chi connectivity index (χ2n) is 6.08. The van der Waals surface area contributed by atoms with Gasteiger partial charge in [-0.05, 0) is 36.4 Å². The van der Waals surface area contributed by atoms with Crippen molar-refractivity contribution in [2.24, 2.45) is 5.73 Å². The van der Waals surface area contributed by atoms with E-state index in [0.29, 0.717) is 30.5 Å². The lowest BCUT2D eigenvalue weighted by atomic mass is 10.3. The Bertz CT molecular complexity index is 999. The topological polar surface area (TPSA) is 91.4 Å². The van der Waals surface area contributed by atoms with Crippen LogP contribution in [0.3, 0.4) is 0 Å². The van der Waals surface area contributed by atoms with E-state index in [1.54, 1.807) is 25.3 Å². The third kappa shape index (κ3) is 4.47. The maximum absolute atomic E-state index is 13.1. The Morgan fingerprint density at radius 3 is 2.64 bits per heavy atom. The largest absolute Gasteiger partial charge is 0.457 e. The fourth-order valence-electron chi connectivity index (χ4n) is 2.69. The van der Waals surface area contributed by atoms with Gasteiger partial charge in [0.05, 0.1) is 29.9 Å². The van der Waals surface area contributed by atoms with Crippen molar-refractivity contribution in [1.29, 1.82) is 0 Å². The van der Waals surface area contributed by atoms with Crippen molar-refractivity contribution in [3.63, 3.8) is 0 Å². The average Bonchev–Trinajstić information content (AvgIpc) is 3.03. The molecule has 0 atom stereocenters. The molecule has 0 radical (unpaired) electrons. The third-order valence-electron chi connectivity index (χ3n) is 4.12. The Morgan fingerprint density at radius 1 is 1.25 bits per heavy atom. The van der Waals surface area contributed by atoms with Gasteiger partial charge in [-0.2, -0.15) is 0 Å². The van der Waals surface area contributed by atoms with E-state index >= 15 is 0 Å². The fourth-order valence-corrected chi connectivity index (χ4v) is 2.69. The van der Waals surface area contributed by atoms with Gasteiger partial charge in [0.15, 0.2) is 0 Å². The van der Waals surface area contributed by atoms with E-state index in [9.17, 15) is 9.18 Å². The van der Waals surface area contributed by atoms with E-state index in [1.165, 1.54) is 12.1 Å². The molecule has 7 nitrogen and oxygen atoms in total. The van der Waals surface area contributed by atoms with Gasteiger partial charge in [0.25, 0.3) is 5.91 Å². The number of nitrogens with two attached hydrogens (primary N) is 1. The number of hydrogen-bond acceptors (Lipinski definition) is 5. The van der Waals surface area contributed by atoms with Crippen molar-refractivity contribution in [1.82, 2.24) is 14.9 Å². The summed E-state index contributed by atoms with van der Waals surface area (Å²) in [5.74, 6) is 0.889. The summed E-state index contributed by atoms with van der Waals surface area (Å²) in [7, 11) is 1.62. The molecular weight excluding hydrogens is 363 g/mol. The van der Waals surface area contributed by atoms with E-state index in [2.05, 4.69) is 16.9 Å². The summed E-state index contributed by atoms with van der Waals surface area (Å²) in [6.45, 7) is 4.92. The Balaban J connectivity index is 1.90. The molecule has 0 saturated carbocycles. The first-order valence-corrected chi connectivity index (χ1v) is 8.62. The van der Waals surface area contributed by atoms with Gasteiger partial charge in [-0.1, -0.05) is 6.58 Å². The molecule has 28 heavy (non-hydrogen) atoms. The number of fused-ring (bicyclic) bond motifs is 1. The third-order valence-corrected chi connectivity index (χ3v) is 4.12. The van der Waals surface area contributed by atoms with Crippen molar-refractivity contribution >= 4 is 16.9 Å². The first-order chi connectivity index (χ1) is 13.5. The highest BCUT2D eigenvalue weighted by atomic mass is 19.1. The highest BCUT2D eigenvalue weighted by Gasteiger charge is 2.13. The second-order valence-corrected chi connectivity index (χ2v) is 6.08. The maximum atomic E-state index is 13.1. The molecule has 0 aliphatic heterocycles. The van der Waals surface area contributed by atoms with Crippen molar-refractivity contribution < 1.29 is 18.7 Å². The highest BCUT2D eigenvalue weighted by Crippen LogP contribution is 2.26. The summed E-state index contributed by atoms with van der Waals surface area (Å²) >= 11 is 0. The minimum atomic E-state index is -0.616. The predicted octanol–water partition coefficient (Wildman–Crippen LogP) is 2.70. The van der Waals surface area contributed by atoms with Crippen molar-refractivity contribution in [3.05, 3.63) is 66.4 Å². The number of aromatic nitrogens is 2. The van der Waals surface area contributed by atoms with E-state index in [1.807, 2.05) is 16.7 Å². The van der Waals surface area contributed by atoms with Gasteiger partial charge in [0.2, 0.25) is 0 Å². The molecule has 2 aromatic carbocycles. The molecule has 3 N–H and O–H groups in total. The molecule has 3 rings (SSSR count). The van der Waals surface area contributed by atoms with Crippen LogP contribution in [0.1, 0.15) is 5.82 Å². The van der Waals surface area contributed by atoms with Gasteiger partial charge in [0.1, 0.15) is 23.1 Å². The Hall–Kier alpha value is -3.39. The lowest BCUT2D eigenvalue weighted by Crippen LogP contribution is -2.26. The minimum absolute atomic E-state index is 0.116. The molecule has 0 unspecified atom stereocenters. The van der Waals surface area contributed by atoms with Crippen LogP contribution in [0.4, 0.5) is 4.39 Å². The summed E-state index contributed by atoms with van der Waals surface area (Å²) in [6.07, 6.45) is 0. The molecule has 0 saturated heterocycles. The molecule has 0 fully saturated rings. The van der Waals surface area contributed by atoms with Crippen LogP contribution in [0.5, 0.6) is 11.5 Å². The number of nitrogens with zero attached hydrogens (tertiary/aromatic N) is 2. The van der Waals surface area contributed by atoms with E-state index in [0.717, 1.165) is 11.0 Å². The molecule has 0 aliphatic carbocycles. The molecule has 0 aliphatic rings. The van der Waals surface area contributed by atoms with Gasteiger partial charge in [-0.25, -0.2) is 9.37 Å². The van der Waals surface area contributed by atoms with Gasteiger partial charge in [0, 0.05) is 19.7 Å². The molecule has 1 amide bonds. The second kappa shape index (κ2) is 8.53. The monoisotopic (exact) mass is 384 g/mol. The van der Waals surface area contributed by atoms with Gasteiger partial charge < -0.3 is 25.1 Å². The zero-order valence-corrected chi connectivity index (χ0v) is 15.4. The zero-order valence-electron chi connectivity index (χ0n) is 15.4. The number of halogens is 1. The molecule has 0 spiro atoms. The Labute approximate surface area is 161 Å². The number of nitrogens with one attached hydrogen (secondary N) is 1. The quantitative estimate of drug-likeness (QED) is 0.554. The van der Waals surface area contributed by atoms with Crippen LogP contribution in [-0.2, 0) is 22.6 Å². The number of rotatable bonds is 9. The molecule has 146 valence electrons. The number of methoxy groups -OCH3 is 1. The normalized spacial score (nSPS) is 10.8. The number of amides is 1. The molecule has 1 aromatic heterocycles. The van der Waals surface area contributed by atoms with E-state index in [-0.39, 0.29) is 18.1 Å². The molecule has 3 aromatic rings. The summed E-state index contributed by atoms with van der Waals surface area (Å²) < 4.78 is 26.0. The smallest absolute Gasteiger partial charge is 0.264 e. The van der Waals surface area contributed by atoms with E-state index in [4.69, 9.17) is 15.2 Å². The number of benzene rings is 2. The standard InChI is InChI=1S/C20H21FN4O3/c1-13(20(22)26)23-12-19-24-17-8-7-16(11-18(17)25(19)9-10-27-2)28-15-5-3-14(21)4-6-15/h3-8,11,23H,1,9-10,12H2,2H3,(H2,22,26). The predicted molar refractivity (Wildman–Crippen MR) is 103 cm³/mol. The maximum Gasteiger partial charge on any atom is 0.264 e. The molecule has 0 bridgehead atoms. The number of carbonyl (C=O) groups is 1. The first-order valence-electron chi connectivity index (χ1n) is 8.62. The number of primary amides is 1. The first kappa shape index (κ1) is 19.4. The van der Waals surface area contributed by atoms with Gasteiger partial charge in [-0.15, -0.1) is 0 Å². The Morgan fingerprint density at radius 2 is 1.96 bits per heavy atom. The molecule has 8 heteroatoms. The highest BCUT2D eigenvalue weighted by molar-refractivity contribution is 5.90. The van der Waals surface area contributed by atoms with Crippen LogP contribution in [-0.4, -0.2) is 29.2 Å². The lowest BCUT2D eigenvalue weighted by Gasteiger charge is -2.11. The van der Waals surface area contributed by atoms with Crippen LogP contribution < -0.4 is 15.8 Å². The zero-order chi connectivity index (χ0) is 20.1. The number of hydrogen-bond donors (Lipinski definition) is 2. The Kier molecular flexibility index (Phi) is 5.90. The minimum Gasteiger partial charge on any atom is -0.457 e. The van der Waals surface area contributed by atoms with Gasteiger partial charge >= 0.3 is 0 Å². The van der Waals surface area contributed by atoms with Crippen molar-refractivity contribution in [2.75, 3.05) is 13.7 Å². The lowest BCUT2D eigenvalue weighted by molar-refractivity contribution is -0.114. The number of ether oxygens (including phenoxy) is 2. The number of imidazole rings is 1. The van der Waals surface area contributed by atoms with Crippen LogP contribution in [0.15, 0.2) is 54.7 Å². The van der Waals surface area contributed by atoms with Crippen LogP contribution in [0.2, 0.25) is 0 Å². The summed E-state index contributed by atoms with van der Waals surface area (Å²) in [5.41, 5.74) is 6.94. The average molecular weight is 384 g/mol. The van der Waals surface area contributed by atoms with Crippen molar-refractivity contribution in [2.45, 2.75) is 13.1 Å². The van der Waals surface area contributed by atoms with Crippen LogP contribution >= 0.6 is 0 Å². The van der Waals surface area contributed by atoms with E-state index < -0.39 is 5.91 Å². The SMILES string of the molecule is C=C(NCc1nc2ccc(Oc3ccc(F)cc3)cc2n1CCOC)C(N)=O. The van der Waals surface area contributed by atoms with Crippen molar-refractivity contribution in [3.8, 4) is 11.5 Å². The van der Waals surface area contributed by atoms with Crippen LogP contribution in [0.25, 0.3) is 11.0 Å². The molecule has 1 heterocycles. The molecular formula is C20H21FN4O3.